The zero-order valence-electron chi connectivity index (χ0n) is 11.3. The van der Waals surface area contributed by atoms with E-state index in [1.807, 2.05) is 0 Å². The molecule has 2 rings (SSSR count). The Morgan fingerprint density at radius 3 is 2.55 bits per heavy atom. The molecule has 0 aliphatic carbocycles. The minimum atomic E-state index is -0.638. The first-order chi connectivity index (χ1) is 9.47. The maximum absolute atomic E-state index is 12.2. The predicted octanol–water partition coefficient (Wildman–Crippen LogP) is 1.80. The van der Waals surface area contributed by atoms with Crippen molar-refractivity contribution in [2.75, 3.05) is 0 Å². The average Bonchev–Trinajstić information content (AvgIpc) is 2.45. The van der Waals surface area contributed by atoms with Crippen molar-refractivity contribution < 1.29 is 14.7 Å². The first kappa shape index (κ1) is 14.0. The number of hydrogen-bond acceptors (Lipinski definition) is 4. The van der Waals surface area contributed by atoms with Crippen molar-refractivity contribution >= 4 is 22.5 Å². The van der Waals surface area contributed by atoms with Gasteiger partial charge in [0, 0.05) is 18.9 Å². The number of nitrogens with zero attached hydrogens (tertiary/aromatic N) is 1. The van der Waals surface area contributed by atoms with Gasteiger partial charge in [0.1, 0.15) is 17.1 Å². The number of para-hydroxylation sites is 1. The lowest BCUT2D eigenvalue weighted by Crippen LogP contribution is -2.25. The second kappa shape index (κ2) is 5.28. The standard InChI is InChI=1S/C15H15NO4/c1-3-9(17)8-12(18)13-14(19)10-6-4-5-7-11(10)16(2)15(13)20/h4-7,19H,3,8H2,1-2H3. The van der Waals surface area contributed by atoms with Crippen molar-refractivity contribution in [1.29, 1.82) is 0 Å². The molecular weight excluding hydrogens is 258 g/mol. The van der Waals surface area contributed by atoms with Crippen LogP contribution in [0.25, 0.3) is 10.9 Å². The number of ketones is 2. The summed E-state index contributed by atoms with van der Waals surface area (Å²) in [6, 6.07) is 6.76. The molecule has 0 aliphatic heterocycles. The van der Waals surface area contributed by atoms with E-state index in [9.17, 15) is 19.5 Å². The fraction of sp³-hybridized carbons (Fsp3) is 0.267. The molecule has 104 valence electrons. The number of benzene rings is 1. The van der Waals surface area contributed by atoms with E-state index in [2.05, 4.69) is 0 Å². The van der Waals surface area contributed by atoms with E-state index in [-0.39, 0.29) is 29.9 Å². The second-order valence-corrected chi connectivity index (χ2v) is 4.60. The molecule has 5 nitrogen and oxygen atoms in total. The molecule has 1 aromatic heterocycles. The lowest BCUT2D eigenvalue weighted by Gasteiger charge is -2.10. The van der Waals surface area contributed by atoms with Crippen molar-refractivity contribution in [3.63, 3.8) is 0 Å². The van der Waals surface area contributed by atoms with Crippen molar-refractivity contribution in [3.8, 4) is 5.75 Å². The molecule has 0 spiro atoms. The zero-order valence-corrected chi connectivity index (χ0v) is 11.3. The number of Topliss-reactive ketones (excluding diaryl/α,β-unsaturated/α-hetero) is 2. The van der Waals surface area contributed by atoms with E-state index in [4.69, 9.17) is 0 Å². The average molecular weight is 273 g/mol. The zero-order chi connectivity index (χ0) is 14.9. The number of aromatic nitrogens is 1. The molecule has 0 radical (unpaired) electrons. The van der Waals surface area contributed by atoms with Crippen molar-refractivity contribution in [3.05, 3.63) is 40.2 Å². The Morgan fingerprint density at radius 1 is 1.25 bits per heavy atom. The maximum Gasteiger partial charge on any atom is 0.265 e. The van der Waals surface area contributed by atoms with Crippen LogP contribution in [0.4, 0.5) is 0 Å². The third-order valence-corrected chi connectivity index (χ3v) is 3.31. The van der Waals surface area contributed by atoms with Gasteiger partial charge in [-0.25, -0.2) is 0 Å². The van der Waals surface area contributed by atoms with E-state index < -0.39 is 11.3 Å². The quantitative estimate of drug-likeness (QED) is 0.680. The molecule has 5 heteroatoms. The summed E-state index contributed by atoms with van der Waals surface area (Å²) in [5, 5.41) is 10.6. The number of aromatic hydroxyl groups is 1. The van der Waals surface area contributed by atoms with Gasteiger partial charge in [-0.2, -0.15) is 0 Å². The molecule has 0 unspecified atom stereocenters. The first-order valence-corrected chi connectivity index (χ1v) is 6.33. The summed E-state index contributed by atoms with van der Waals surface area (Å²) in [5.41, 5.74) is -0.364. The van der Waals surface area contributed by atoms with Crippen LogP contribution in [0.2, 0.25) is 0 Å². The molecule has 20 heavy (non-hydrogen) atoms. The Hall–Kier alpha value is -2.43. The van der Waals surface area contributed by atoms with Crippen LogP contribution >= 0.6 is 0 Å². The van der Waals surface area contributed by atoms with Gasteiger partial charge in [-0.1, -0.05) is 19.1 Å². The third-order valence-electron chi connectivity index (χ3n) is 3.31. The topological polar surface area (TPSA) is 76.4 Å². The molecular formula is C15H15NO4. The number of carbonyl (C=O) groups is 2. The molecule has 1 N–H and O–H groups in total. The molecule has 1 heterocycles. The summed E-state index contributed by atoms with van der Waals surface area (Å²) in [6.45, 7) is 1.65. The Labute approximate surface area is 115 Å². The van der Waals surface area contributed by atoms with Crippen LogP contribution in [-0.4, -0.2) is 21.2 Å². The minimum absolute atomic E-state index is 0.223. The van der Waals surface area contributed by atoms with Crippen molar-refractivity contribution in [2.24, 2.45) is 7.05 Å². The molecule has 0 atom stereocenters. The fourth-order valence-corrected chi connectivity index (χ4v) is 2.12. The lowest BCUT2D eigenvalue weighted by molar-refractivity contribution is -0.117. The predicted molar refractivity (Wildman–Crippen MR) is 75.1 cm³/mol. The minimum Gasteiger partial charge on any atom is -0.506 e. The highest BCUT2D eigenvalue weighted by Gasteiger charge is 2.22. The van der Waals surface area contributed by atoms with Crippen molar-refractivity contribution in [1.82, 2.24) is 4.57 Å². The summed E-state index contributed by atoms with van der Waals surface area (Å²) in [7, 11) is 1.53. The van der Waals surface area contributed by atoms with E-state index in [0.717, 1.165) is 0 Å². The van der Waals surface area contributed by atoms with E-state index in [1.165, 1.54) is 11.6 Å². The fourth-order valence-electron chi connectivity index (χ4n) is 2.12. The van der Waals surface area contributed by atoms with E-state index >= 15 is 0 Å². The summed E-state index contributed by atoms with van der Waals surface area (Å²) in [6.07, 6.45) is -0.141. The van der Waals surface area contributed by atoms with Gasteiger partial charge in [-0.15, -0.1) is 0 Å². The maximum atomic E-state index is 12.2. The number of pyridine rings is 1. The summed E-state index contributed by atoms with van der Waals surface area (Å²) >= 11 is 0. The van der Waals surface area contributed by atoms with Gasteiger partial charge in [0.25, 0.3) is 5.56 Å². The van der Waals surface area contributed by atoms with Crippen LogP contribution in [0.1, 0.15) is 30.1 Å². The molecule has 0 amide bonds. The lowest BCUT2D eigenvalue weighted by atomic mass is 10.0. The third kappa shape index (κ3) is 2.22. The molecule has 0 bridgehead atoms. The van der Waals surface area contributed by atoms with Gasteiger partial charge in [0.05, 0.1) is 11.9 Å². The van der Waals surface area contributed by atoms with Crippen LogP contribution in [0, 0.1) is 0 Å². The summed E-state index contributed by atoms with van der Waals surface area (Å²) in [5.74, 6) is -1.25. The van der Waals surface area contributed by atoms with Gasteiger partial charge >= 0.3 is 0 Å². The molecule has 2 aromatic rings. The summed E-state index contributed by atoms with van der Waals surface area (Å²) in [4.78, 5) is 35.6. The van der Waals surface area contributed by atoms with Gasteiger partial charge in [-0.05, 0) is 12.1 Å². The van der Waals surface area contributed by atoms with Crippen LogP contribution in [0.5, 0.6) is 5.75 Å². The molecule has 0 saturated heterocycles. The highest BCUT2D eigenvalue weighted by molar-refractivity contribution is 6.11. The highest BCUT2D eigenvalue weighted by Crippen LogP contribution is 2.26. The van der Waals surface area contributed by atoms with E-state index in [0.29, 0.717) is 10.9 Å². The molecule has 0 saturated carbocycles. The number of hydrogen-bond donors (Lipinski definition) is 1. The number of fused-ring (bicyclic) bond motifs is 1. The molecule has 0 aliphatic rings. The van der Waals surface area contributed by atoms with Crippen LogP contribution in [0.3, 0.4) is 0 Å². The van der Waals surface area contributed by atoms with Gasteiger partial charge in [0.15, 0.2) is 5.78 Å². The van der Waals surface area contributed by atoms with Crippen molar-refractivity contribution in [2.45, 2.75) is 19.8 Å². The molecule has 1 aromatic carbocycles. The Balaban J connectivity index is 2.68. The normalized spacial score (nSPS) is 10.7. The van der Waals surface area contributed by atoms with Crippen LogP contribution in [0.15, 0.2) is 29.1 Å². The Bertz CT molecular complexity index is 758. The Morgan fingerprint density at radius 2 is 1.90 bits per heavy atom. The van der Waals surface area contributed by atoms with Gasteiger partial charge in [0.2, 0.25) is 0 Å². The SMILES string of the molecule is CCC(=O)CC(=O)c1c(O)c2ccccc2n(C)c1=O. The highest BCUT2D eigenvalue weighted by atomic mass is 16.3. The molecule has 0 fully saturated rings. The Kier molecular flexibility index (Phi) is 3.70. The number of aryl methyl sites for hydroxylation is 1. The number of rotatable bonds is 4. The first-order valence-electron chi connectivity index (χ1n) is 6.33. The van der Waals surface area contributed by atoms with Crippen LogP contribution in [-0.2, 0) is 11.8 Å². The monoisotopic (exact) mass is 273 g/mol. The van der Waals surface area contributed by atoms with Gasteiger partial charge < -0.3 is 9.67 Å². The largest absolute Gasteiger partial charge is 0.506 e. The number of carbonyl (C=O) groups excluding carboxylic acids is 2. The summed E-state index contributed by atoms with van der Waals surface area (Å²) < 4.78 is 1.30. The smallest absolute Gasteiger partial charge is 0.265 e. The van der Waals surface area contributed by atoms with E-state index in [1.54, 1.807) is 31.2 Å². The van der Waals surface area contributed by atoms with Crippen LogP contribution < -0.4 is 5.56 Å². The second-order valence-electron chi connectivity index (χ2n) is 4.60. The van der Waals surface area contributed by atoms with Gasteiger partial charge in [-0.3, -0.25) is 14.4 Å².